The lowest BCUT2D eigenvalue weighted by molar-refractivity contribution is -0.689. The summed E-state index contributed by atoms with van der Waals surface area (Å²) in [6, 6.07) is 0. The smallest absolute Gasteiger partial charge is 0.225 e. The van der Waals surface area contributed by atoms with Crippen molar-refractivity contribution in [2.24, 2.45) is 0 Å². The predicted molar refractivity (Wildman–Crippen MR) is 70.3 cm³/mol. The molecule has 6 heteroatoms. The molecule has 3 N–H and O–H groups in total. The zero-order valence-electron chi connectivity index (χ0n) is 11.4. The average Bonchev–Trinajstić information content (AvgIpc) is 2.71. The number of rotatable bonds is 4. The Morgan fingerprint density at radius 1 is 1.56 bits per heavy atom. The van der Waals surface area contributed by atoms with Crippen molar-refractivity contribution in [3.63, 3.8) is 0 Å². The Balaban J connectivity index is 2.36. The van der Waals surface area contributed by atoms with Crippen molar-refractivity contribution < 1.29 is 11.0 Å². The Hall–Kier alpha value is -1.53. The van der Waals surface area contributed by atoms with E-state index in [1.165, 1.54) is 11.3 Å². The van der Waals surface area contributed by atoms with Gasteiger partial charge in [0.15, 0.2) is 12.2 Å². The number of aliphatic hydroxyl groups excluding tert-OH is 1. The van der Waals surface area contributed by atoms with Gasteiger partial charge >= 0.3 is 0 Å². The molecule has 0 spiro atoms. The summed E-state index contributed by atoms with van der Waals surface area (Å²) >= 11 is 1.53. The van der Waals surface area contributed by atoms with Crippen LogP contribution in [-0.2, 0) is 12.9 Å². The van der Waals surface area contributed by atoms with E-state index >= 15 is 0 Å². The molecule has 2 aromatic rings. The Morgan fingerprint density at radius 2 is 2.33 bits per heavy atom. The standard InChI is InChI=1S/C12H17N4OS/c1-8-11(3-4-17)18-7-16(8)6-10-5-14-9(2)15-12(10)13/h5,7,17H,3-4,6H2,1-2H3,(H2,13,14,15)/q+1/i6D/t6-/m0/s1. The summed E-state index contributed by atoms with van der Waals surface area (Å²) in [6.07, 6.45) is 2.21. The van der Waals surface area contributed by atoms with Gasteiger partial charge in [-0.1, -0.05) is 11.3 Å². The van der Waals surface area contributed by atoms with Gasteiger partial charge in [-0.2, -0.15) is 4.57 Å². The maximum absolute atomic E-state index is 8.99. The number of aliphatic hydroxyl groups is 1. The monoisotopic (exact) mass is 266 g/mol. The summed E-state index contributed by atoms with van der Waals surface area (Å²) in [4.78, 5) is 9.26. The number of nitrogens with zero attached hydrogens (tertiary/aromatic N) is 3. The third kappa shape index (κ3) is 2.65. The first-order chi connectivity index (χ1) is 9.04. The number of nitrogens with two attached hydrogens (primary N) is 1. The van der Waals surface area contributed by atoms with Crippen LogP contribution in [0.3, 0.4) is 0 Å². The first kappa shape index (κ1) is 11.6. The van der Waals surface area contributed by atoms with Gasteiger partial charge in [0.1, 0.15) is 13.0 Å². The van der Waals surface area contributed by atoms with Crippen LogP contribution in [-0.4, -0.2) is 21.7 Å². The highest BCUT2D eigenvalue weighted by molar-refractivity contribution is 7.09. The normalized spacial score (nSPS) is 13.4. The zero-order valence-corrected chi connectivity index (χ0v) is 11.2. The molecule has 0 radical (unpaired) electrons. The van der Waals surface area contributed by atoms with E-state index in [-0.39, 0.29) is 6.61 Å². The lowest BCUT2D eigenvalue weighted by Crippen LogP contribution is -2.35. The molecule has 0 unspecified atom stereocenters. The lowest BCUT2D eigenvalue weighted by atomic mass is 10.2. The van der Waals surface area contributed by atoms with E-state index in [0.717, 1.165) is 10.6 Å². The zero-order chi connectivity index (χ0) is 14.0. The van der Waals surface area contributed by atoms with Gasteiger partial charge in [-0.15, -0.1) is 0 Å². The Labute approximate surface area is 111 Å². The molecule has 0 bridgehead atoms. The minimum absolute atomic E-state index is 0.111. The lowest BCUT2D eigenvalue weighted by Gasteiger charge is -2.01. The number of hydrogen-bond acceptors (Lipinski definition) is 5. The van der Waals surface area contributed by atoms with Crippen LogP contribution in [0.4, 0.5) is 5.82 Å². The summed E-state index contributed by atoms with van der Waals surface area (Å²) < 4.78 is 10.1. The third-order valence-corrected chi connectivity index (χ3v) is 3.80. The van der Waals surface area contributed by atoms with Crippen molar-refractivity contribution >= 4 is 17.2 Å². The van der Waals surface area contributed by atoms with Crippen LogP contribution < -0.4 is 10.3 Å². The number of hydrogen-bond donors (Lipinski definition) is 2. The number of thiazole rings is 1. The van der Waals surface area contributed by atoms with E-state index in [2.05, 4.69) is 9.97 Å². The molecule has 0 aliphatic heterocycles. The van der Waals surface area contributed by atoms with Crippen LogP contribution in [0.25, 0.3) is 0 Å². The van der Waals surface area contributed by atoms with Crippen molar-refractivity contribution in [2.45, 2.75) is 26.8 Å². The summed E-state index contributed by atoms with van der Waals surface area (Å²) in [5.74, 6) is 0.941. The van der Waals surface area contributed by atoms with Crippen LogP contribution >= 0.6 is 11.3 Å². The van der Waals surface area contributed by atoms with E-state index in [0.29, 0.717) is 23.6 Å². The molecular formula is C12H17N4OS+. The molecule has 2 heterocycles. The molecule has 0 aliphatic carbocycles. The van der Waals surface area contributed by atoms with E-state index in [4.69, 9.17) is 12.2 Å². The minimum Gasteiger partial charge on any atom is -0.396 e. The Bertz CT molecular complexity index is 587. The van der Waals surface area contributed by atoms with Crippen molar-refractivity contribution in [2.75, 3.05) is 12.3 Å². The second-order valence-electron chi connectivity index (χ2n) is 4.00. The predicted octanol–water partition coefficient (Wildman–Crippen LogP) is 0.608. The van der Waals surface area contributed by atoms with Gasteiger partial charge in [-0.25, -0.2) is 9.97 Å². The molecule has 18 heavy (non-hydrogen) atoms. The third-order valence-electron chi connectivity index (χ3n) is 2.68. The van der Waals surface area contributed by atoms with E-state index in [1.807, 2.05) is 17.0 Å². The van der Waals surface area contributed by atoms with Crippen molar-refractivity contribution in [1.82, 2.24) is 9.97 Å². The first-order valence-corrected chi connectivity index (χ1v) is 6.52. The minimum atomic E-state index is -0.663. The molecule has 1 atom stereocenters. The number of nitrogen functional groups attached to an aromatic ring is 1. The Kier molecular flexibility index (Phi) is 3.47. The number of aromatic nitrogens is 3. The molecular weight excluding hydrogens is 248 g/mol. The highest BCUT2D eigenvalue weighted by Gasteiger charge is 2.16. The number of anilines is 1. The fourth-order valence-electron chi connectivity index (χ4n) is 1.64. The molecule has 0 fully saturated rings. The molecule has 96 valence electrons. The van der Waals surface area contributed by atoms with Crippen LogP contribution in [0.15, 0.2) is 11.7 Å². The molecule has 2 aromatic heterocycles. The van der Waals surface area contributed by atoms with Gasteiger partial charge in [-0.05, 0) is 6.92 Å². The summed E-state index contributed by atoms with van der Waals surface area (Å²) in [7, 11) is 0. The fraction of sp³-hybridized carbons (Fsp3) is 0.417. The van der Waals surface area contributed by atoms with Gasteiger partial charge in [0.05, 0.1) is 10.4 Å². The highest BCUT2D eigenvalue weighted by Crippen LogP contribution is 2.13. The van der Waals surface area contributed by atoms with Gasteiger partial charge in [0, 0.05) is 26.1 Å². The second-order valence-corrected chi connectivity index (χ2v) is 4.94. The topological polar surface area (TPSA) is 75.9 Å². The molecule has 0 saturated carbocycles. The molecule has 0 saturated heterocycles. The van der Waals surface area contributed by atoms with Crippen molar-refractivity contribution in [3.05, 3.63) is 33.7 Å². The van der Waals surface area contributed by atoms with E-state index < -0.39 is 6.52 Å². The SMILES string of the molecule is [2H][C@@H](c1cnc(C)nc1N)[n+]1csc(CCO)c1C. The van der Waals surface area contributed by atoms with Crippen LogP contribution in [0.5, 0.6) is 0 Å². The largest absolute Gasteiger partial charge is 0.396 e. The Morgan fingerprint density at radius 3 is 3.00 bits per heavy atom. The van der Waals surface area contributed by atoms with Gasteiger partial charge in [0.25, 0.3) is 0 Å². The highest BCUT2D eigenvalue weighted by atomic mass is 32.1. The van der Waals surface area contributed by atoms with Crippen LogP contribution in [0, 0.1) is 13.8 Å². The van der Waals surface area contributed by atoms with Crippen molar-refractivity contribution in [1.29, 1.82) is 0 Å². The summed E-state index contributed by atoms with van der Waals surface area (Å²) in [5.41, 5.74) is 9.29. The molecule has 2 rings (SSSR count). The maximum Gasteiger partial charge on any atom is 0.225 e. The maximum atomic E-state index is 8.99. The van der Waals surface area contributed by atoms with Crippen molar-refractivity contribution in [3.8, 4) is 0 Å². The van der Waals surface area contributed by atoms with E-state index in [9.17, 15) is 0 Å². The average molecular weight is 266 g/mol. The summed E-state index contributed by atoms with van der Waals surface area (Å²) in [6.45, 7) is 3.15. The second kappa shape index (κ2) is 5.41. The van der Waals surface area contributed by atoms with E-state index in [1.54, 1.807) is 13.1 Å². The van der Waals surface area contributed by atoms with Gasteiger partial charge in [0.2, 0.25) is 5.51 Å². The molecule has 0 aliphatic rings. The van der Waals surface area contributed by atoms with Crippen LogP contribution in [0.1, 0.15) is 23.3 Å². The fourth-order valence-corrected chi connectivity index (χ4v) is 2.59. The summed E-state index contributed by atoms with van der Waals surface area (Å²) in [5, 5.41) is 8.99. The number of aryl methyl sites for hydroxylation is 1. The van der Waals surface area contributed by atoms with Gasteiger partial charge in [-0.3, -0.25) is 0 Å². The van der Waals surface area contributed by atoms with Gasteiger partial charge < -0.3 is 10.8 Å². The molecule has 0 amide bonds. The molecule has 5 nitrogen and oxygen atoms in total. The first-order valence-electron chi connectivity index (χ1n) is 6.22. The quantitative estimate of drug-likeness (QED) is 0.795. The molecule has 0 aromatic carbocycles. The van der Waals surface area contributed by atoms with Crippen LogP contribution in [0.2, 0.25) is 0 Å².